The Morgan fingerprint density at radius 1 is 0.800 bits per heavy atom. The lowest BCUT2D eigenvalue weighted by Gasteiger charge is -2.11. The molecule has 0 amide bonds. The minimum absolute atomic E-state index is 0. The van der Waals surface area contributed by atoms with Gasteiger partial charge in [-0.15, -0.1) is 12.4 Å². The maximum Gasteiger partial charge on any atom is 0.320 e. The average Bonchev–Trinajstić information content (AvgIpc) is 2.55. The lowest BCUT2D eigenvalue weighted by Crippen LogP contribution is -2.32. The van der Waals surface area contributed by atoms with Crippen molar-refractivity contribution in [3.8, 4) is 11.1 Å². The van der Waals surface area contributed by atoms with E-state index in [1.165, 1.54) is 0 Å². The summed E-state index contributed by atoms with van der Waals surface area (Å²) in [5, 5.41) is 17.8. The van der Waals surface area contributed by atoms with E-state index in [0.717, 1.165) is 22.3 Å². The summed E-state index contributed by atoms with van der Waals surface area (Å²) >= 11 is 0. The van der Waals surface area contributed by atoms with Crippen molar-refractivity contribution < 1.29 is 19.8 Å². The van der Waals surface area contributed by atoms with E-state index < -0.39 is 24.0 Å². The first kappa shape index (κ1) is 20.6. The fraction of sp³-hybridized carbons (Fsp3) is 0.222. The summed E-state index contributed by atoms with van der Waals surface area (Å²) in [6, 6.07) is 13.0. The zero-order chi connectivity index (χ0) is 17.7. The summed E-state index contributed by atoms with van der Waals surface area (Å²) in [4.78, 5) is 21.8. The molecule has 0 aliphatic carbocycles. The fourth-order valence-electron chi connectivity index (χ4n) is 2.44. The molecule has 0 aromatic heterocycles. The number of nitrogens with two attached hydrogens (primary N) is 2. The molecule has 2 unspecified atom stereocenters. The summed E-state index contributed by atoms with van der Waals surface area (Å²) in [5.74, 6) is -2.07. The summed E-state index contributed by atoms with van der Waals surface area (Å²) in [7, 11) is 0. The molecule has 0 saturated carbocycles. The first-order valence-electron chi connectivity index (χ1n) is 7.52. The molecule has 0 bridgehead atoms. The number of hydrogen-bond donors (Lipinski definition) is 4. The molecular weight excluding hydrogens is 344 g/mol. The van der Waals surface area contributed by atoms with Crippen LogP contribution in [-0.2, 0) is 22.4 Å². The van der Waals surface area contributed by atoms with Gasteiger partial charge in [0.1, 0.15) is 12.1 Å². The van der Waals surface area contributed by atoms with E-state index in [1.54, 1.807) is 0 Å². The molecule has 0 aliphatic rings. The highest BCUT2D eigenvalue weighted by molar-refractivity contribution is 5.85. The van der Waals surface area contributed by atoms with Gasteiger partial charge in [-0.25, -0.2) is 0 Å². The van der Waals surface area contributed by atoms with Gasteiger partial charge in [-0.2, -0.15) is 0 Å². The van der Waals surface area contributed by atoms with E-state index >= 15 is 0 Å². The van der Waals surface area contributed by atoms with Gasteiger partial charge in [0.15, 0.2) is 0 Å². The molecule has 6 N–H and O–H groups in total. The first-order chi connectivity index (χ1) is 11.4. The minimum Gasteiger partial charge on any atom is -0.480 e. The van der Waals surface area contributed by atoms with Crippen molar-refractivity contribution in [2.75, 3.05) is 0 Å². The third-order valence-corrected chi connectivity index (χ3v) is 3.73. The predicted molar refractivity (Wildman–Crippen MR) is 97.8 cm³/mol. The molecular formula is C18H21ClN2O4. The molecule has 2 atom stereocenters. The Morgan fingerprint density at radius 3 is 1.48 bits per heavy atom. The third kappa shape index (κ3) is 5.86. The van der Waals surface area contributed by atoms with Gasteiger partial charge in [-0.1, -0.05) is 48.5 Å². The molecule has 0 spiro atoms. The highest BCUT2D eigenvalue weighted by atomic mass is 35.5. The summed E-state index contributed by atoms with van der Waals surface area (Å²) < 4.78 is 0. The second-order valence-electron chi connectivity index (χ2n) is 5.70. The summed E-state index contributed by atoms with van der Waals surface area (Å²) in [5.41, 5.74) is 14.6. The molecule has 0 radical (unpaired) electrons. The van der Waals surface area contributed by atoms with E-state index in [1.807, 2.05) is 48.5 Å². The standard InChI is InChI=1S/C18H20N2O4.ClH/c19-15(17(21)22)9-11-3-1-5-13(7-11)14-6-2-4-12(8-14)10-16(20)18(23)24;/h1-8,15-16H,9-10,19-20H2,(H,21,22)(H,23,24);1H. The molecule has 0 fully saturated rings. The van der Waals surface area contributed by atoms with Gasteiger partial charge >= 0.3 is 11.9 Å². The quantitative estimate of drug-likeness (QED) is 0.592. The molecule has 2 rings (SSSR count). The number of hydrogen-bond acceptors (Lipinski definition) is 4. The van der Waals surface area contributed by atoms with Crippen LogP contribution in [0.15, 0.2) is 48.5 Å². The smallest absolute Gasteiger partial charge is 0.320 e. The minimum atomic E-state index is -1.04. The zero-order valence-corrected chi connectivity index (χ0v) is 14.3. The number of halogens is 1. The van der Waals surface area contributed by atoms with Crippen molar-refractivity contribution in [3.63, 3.8) is 0 Å². The van der Waals surface area contributed by atoms with Gasteiger partial charge in [-0.3, -0.25) is 9.59 Å². The monoisotopic (exact) mass is 364 g/mol. The van der Waals surface area contributed by atoms with E-state index in [2.05, 4.69) is 0 Å². The highest BCUT2D eigenvalue weighted by Crippen LogP contribution is 2.22. The number of carboxylic acid groups (broad SMARTS) is 2. The molecule has 6 nitrogen and oxygen atoms in total. The molecule has 2 aromatic carbocycles. The number of carboxylic acids is 2. The summed E-state index contributed by atoms with van der Waals surface area (Å²) in [6.45, 7) is 0. The number of benzene rings is 2. The van der Waals surface area contributed by atoms with Crippen molar-refractivity contribution >= 4 is 24.3 Å². The van der Waals surface area contributed by atoms with Crippen LogP contribution in [0.3, 0.4) is 0 Å². The number of aliphatic carboxylic acids is 2. The molecule has 0 aliphatic heterocycles. The van der Waals surface area contributed by atoms with Crippen LogP contribution < -0.4 is 11.5 Å². The van der Waals surface area contributed by atoms with Gasteiger partial charge < -0.3 is 21.7 Å². The van der Waals surface area contributed by atoms with E-state index in [9.17, 15) is 9.59 Å². The molecule has 0 saturated heterocycles. The van der Waals surface area contributed by atoms with Crippen LogP contribution >= 0.6 is 12.4 Å². The van der Waals surface area contributed by atoms with Crippen LogP contribution in [0.5, 0.6) is 0 Å². The van der Waals surface area contributed by atoms with Gasteiger partial charge in [0.05, 0.1) is 0 Å². The Hall–Kier alpha value is -2.41. The predicted octanol–water partition coefficient (Wildman–Crippen LogP) is 1.68. The maximum absolute atomic E-state index is 10.9. The topological polar surface area (TPSA) is 127 Å². The van der Waals surface area contributed by atoms with E-state index in [0.29, 0.717) is 0 Å². The molecule has 0 heterocycles. The van der Waals surface area contributed by atoms with Crippen LogP contribution in [-0.4, -0.2) is 34.2 Å². The van der Waals surface area contributed by atoms with Crippen molar-refractivity contribution in [3.05, 3.63) is 59.7 Å². The van der Waals surface area contributed by atoms with E-state index in [4.69, 9.17) is 21.7 Å². The molecule has 25 heavy (non-hydrogen) atoms. The molecule has 7 heteroatoms. The highest BCUT2D eigenvalue weighted by Gasteiger charge is 2.14. The first-order valence-corrected chi connectivity index (χ1v) is 7.52. The normalized spacial score (nSPS) is 12.7. The van der Waals surface area contributed by atoms with Crippen LogP contribution in [0.2, 0.25) is 0 Å². The van der Waals surface area contributed by atoms with Crippen LogP contribution in [0.4, 0.5) is 0 Å². The van der Waals surface area contributed by atoms with Crippen molar-refractivity contribution in [1.82, 2.24) is 0 Å². The van der Waals surface area contributed by atoms with Crippen molar-refractivity contribution in [2.45, 2.75) is 24.9 Å². The van der Waals surface area contributed by atoms with Crippen LogP contribution in [0.25, 0.3) is 11.1 Å². The van der Waals surface area contributed by atoms with E-state index in [-0.39, 0.29) is 25.2 Å². The van der Waals surface area contributed by atoms with Gasteiger partial charge in [0.25, 0.3) is 0 Å². The van der Waals surface area contributed by atoms with Crippen LogP contribution in [0.1, 0.15) is 11.1 Å². The Balaban J connectivity index is 0.00000312. The van der Waals surface area contributed by atoms with Crippen LogP contribution in [0, 0.1) is 0 Å². The number of carbonyl (C=O) groups is 2. The Kier molecular flexibility index (Phi) is 7.57. The third-order valence-electron chi connectivity index (χ3n) is 3.73. The van der Waals surface area contributed by atoms with Gasteiger partial charge in [0, 0.05) is 0 Å². The lowest BCUT2D eigenvalue weighted by atomic mass is 9.97. The Labute approximate surface area is 151 Å². The largest absolute Gasteiger partial charge is 0.480 e. The zero-order valence-electron chi connectivity index (χ0n) is 13.5. The van der Waals surface area contributed by atoms with Gasteiger partial charge in [-0.05, 0) is 35.1 Å². The fourth-order valence-corrected chi connectivity index (χ4v) is 2.44. The molecule has 134 valence electrons. The Morgan fingerprint density at radius 2 is 1.16 bits per heavy atom. The summed E-state index contributed by atoms with van der Waals surface area (Å²) in [6.07, 6.45) is 0.486. The maximum atomic E-state index is 10.9. The van der Waals surface area contributed by atoms with Crippen molar-refractivity contribution in [1.29, 1.82) is 0 Å². The lowest BCUT2D eigenvalue weighted by molar-refractivity contribution is -0.139. The van der Waals surface area contributed by atoms with Gasteiger partial charge in [0.2, 0.25) is 0 Å². The SMILES string of the molecule is Cl.NC(Cc1cccc(-c2cccc(CC(N)C(=O)O)c2)c1)C(=O)O. The second-order valence-corrected chi connectivity index (χ2v) is 5.70. The Bertz CT molecular complexity index is 688. The molecule has 2 aromatic rings. The average molecular weight is 365 g/mol. The second kappa shape index (κ2) is 9.17. The number of rotatable bonds is 7. The van der Waals surface area contributed by atoms with Crippen molar-refractivity contribution in [2.24, 2.45) is 11.5 Å².